The summed E-state index contributed by atoms with van der Waals surface area (Å²) in [4.78, 5) is 40.4. The highest BCUT2D eigenvalue weighted by molar-refractivity contribution is 7.92. The number of ether oxygens (including phenoxy) is 1. The van der Waals surface area contributed by atoms with E-state index in [-0.39, 0.29) is 35.1 Å². The minimum absolute atomic E-state index is 0.0322. The van der Waals surface area contributed by atoms with Gasteiger partial charge in [-0.1, -0.05) is 18.2 Å². The first-order valence-corrected chi connectivity index (χ1v) is 14.7. The monoisotopic (exact) mass is 595 g/mol. The SMILES string of the molecule is COc1cc(S(=O)(=O)N2C[C@@H](CN3C(=O)c4ccccc4C3=O)Cc3ccc(N(C(=O)O)C(C)(C)C)cc32)ccc1F. The van der Waals surface area contributed by atoms with Crippen LogP contribution in [0.1, 0.15) is 47.1 Å². The van der Waals surface area contributed by atoms with E-state index in [1.165, 1.54) is 13.2 Å². The molecule has 0 aromatic heterocycles. The summed E-state index contributed by atoms with van der Waals surface area (Å²) >= 11 is 0. The van der Waals surface area contributed by atoms with Gasteiger partial charge in [0.2, 0.25) is 0 Å². The van der Waals surface area contributed by atoms with Gasteiger partial charge < -0.3 is 9.84 Å². The Morgan fingerprint density at radius 1 is 1.05 bits per heavy atom. The lowest BCUT2D eigenvalue weighted by molar-refractivity contribution is 0.0629. The number of amides is 3. The van der Waals surface area contributed by atoms with Crippen LogP contribution in [0.2, 0.25) is 0 Å². The number of nitrogens with zero attached hydrogens (tertiary/aromatic N) is 3. The number of imide groups is 1. The van der Waals surface area contributed by atoms with Crippen LogP contribution in [0.5, 0.6) is 5.75 Å². The summed E-state index contributed by atoms with van der Waals surface area (Å²) in [5, 5.41) is 9.95. The number of carbonyl (C=O) groups excluding carboxylic acids is 2. The zero-order valence-corrected chi connectivity index (χ0v) is 24.3. The third-order valence-corrected chi connectivity index (χ3v) is 9.20. The molecule has 0 bridgehead atoms. The van der Waals surface area contributed by atoms with Crippen LogP contribution in [-0.4, -0.2) is 62.1 Å². The molecule has 10 nitrogen and oxygen atoms in total. The molecule has 2 aliphatic rings. The van der Waals surface area contributed by atoms with E-state index in [1.807, 2.05) is 0 Å². The molecule has 1 N–H and O–H groups in total. The molecule has 0 spiro atoms. The van der Waals surface area contributed by atoms with Gasteiger partial charge in [-0.3, -0.25) is 23.7 Å². The Labute approximate surface area is 243 Å². The smallest absolute Gasteiger partial charge is 0.412 e. The lowest BCUT2D eigenvalue weighted by Crippen LogP contribution is -2.46. The van der Waals surface area contributed by atoms with E-state index in [9.17, 15) is 32.3 Å². The standard InChI is InChI=1S/C30H30FN3O7S/c1-30(2,3)34(29(37)38)20-10-9-19-13-18(16-32-27(35)22-7-5-6-8-23(22)28(32)36)17-33(25(19)14-20)42(39,40)21-11-12-24(31)26(15-21)41-4/h5-12,14-15,18H,13,16-17H2,1-4H3,(H,37,38)/t18-/m1/s1. The second-order valence-corrected chi connectivity index (χ2v) is 13.1. The van der Waals surface area contributed by atoms with E-state index in [2.05, 4.69) is 0 Å². The number of hydrogen-bond donors (Lipinski definition) is 1. The molecule has 3 aromatic carbocycles. The van der Waals surface area contributed by atoms with Gasteiger partial charge in [0.25, 0.3) is 21.8 Å². The second-order valence-electron chi connectivity index (χ2n) is 11.3. The Hall–Kier alpha value is -4.45. The van der Waals surface area contributed by atoms with Gasteiger partial charge in [0.15, 0.2) is 11.6 Å². The molecule has 0 saturated carbocycles. The van der Waals surface area contributed by atoms with Gasteiger partial charge in [-0.25, -0.2) is 17.6 Å². The number of halogens is 1. The predicted octanol–water partition coefficient (Wildman–Crippen LogP) is 4.78. The molecule has 42 heavy (non-hydrogen) atoms. The number of benzene rings is 3. The number of methoxy groups -OCH3 is 1. The molecule has 12 heteroatoms. The average Bonchev–Trinajstić information content (AvgIpc) is 3.16. The topological polar surface area (TPSA) is 125 Å². The quantitative estimate of drug-likeness (QED) is 0.407. The van der Waals surface area contributed by atoms with Gasteiger partial charge in [-0.2, -0.15) is 0 Å². The van der Waals surface area contributed by atoms with Gasteiger partial charge in [0.05, 0.1) is 28.8 Å². The van der Waals surface area contributed by atoms with Crippen molar-refractivity contribution in [2.75, 3.05) is 29.4 Å². The van der Waals surface area contributed by atoms with Crippen molar-refractivity contribution in [3.05, 3.63) is 83.2 Å². The fourth-order valence-electron chi connectivity index (χ4n) is 5.53. The summed E-state index contributed by atoms with van der Waals surface area (Å²) in [6.07, 6.45) is -0.885. The van der Waals surface area contributed by atoms with Crippen LogP contribution in [-0.2, 0) is 16.4 Å². The highest BCUT2D eigenvalue weighted by Gasteiger charge is 2.40. The Morgan fingerprint density at radius 2 is 1.69 bits per heavy atom. The van der Waals surface area contributed by atoms with Crippen LogP contribution < -0.4 is 13.9 Å². The Balaban J connectivity index is 1.58. The van der Waals surface area contributed by atoms with Gasteiger partial charge in [0, 0.05) is 30.4 Å². The first-order chi connectivity index (χ1) is 19.7. The maximum Gasteiger partial charge on any atom is 0.412 e. The van der Waals surface area contributed by atoms with Crippen molar-refractivity contribution in [1.29, 1.82) is 0 Å². The third kappa shape index (κ3) is 4.95. The predicted molar refractivity (Wildman–Crippen MR) is 153 cm³/mol. The van der Waals surface area contributed by atoms with Gasteiger partial charge in [-0.15, -0.1) is 0 Å². The number of anilines is 2. The van der Waals surface area contributed by atoms with Crippen molar-refractivity contribution in [2.24, 2.45) is 5.92 Å². The van der Waals surface area contributed by atoms with Crippen LogP contribution in [0, 0.1) is 11.7 Å². The maximum atomic E-state index is 14.2. The van der Waals surface area contributed by atoms with Crippen LogP contribution in [0.3, 0.4) is 0 Å². The molecule has 2 aliphatic heterocycles. The molecule has 0 saturated heterocycles. The number of hydrogen-bond acceptors (Lipinski definition) is 6. The first-order valence-electron chi connectivity index (χ1n) is 13.2. The minimum atomic E-state index is -4.34. The first kappa shape index (κ1) is 29.1. The van der Waals surface area contributed by atoms with Crippen molar-refractivity contribution in [3.8, 4) is 5.75 Å². The molecular formula is C30H30FN3O7S. The zero-order valence-electron chi connectivity index (χ0n) is 23.5. The van der Waals surface area contributed by atoms with Crippen molar-refractivity contribution in [1.82, 2.24) is 4.90 Å². The number of fused-ring (bicyclic) bond motifs is 2. The lowest BCUT2D eigenvalue weighted by atomic mass is 9.92. The highest BCUT2D eigenvalue weighted by Crippen LogP contribution is 2.39. The van der Waals surface area contributed by atoms with Gasteiger partial charge in [-0.05, 0) is 75.1 Å². The second kappa shape index (κ2) is 10.4. The van der Waals surface area contributed by atoms with Gasteiger partial charge in [0.1, 0.15) is 0 Å². The van der Waals surface area contributed by atoms with E-state index in [1.54, 1.807) is 57.2 Å². The normalized spacial score (nSPS) is 16.7. The molecular weight excluding hydrogens is 565 g/mol. The van der Waals surface area contributed by atoms with E-state index in [0.29, 0.717) is 23.1 Å². The number of carbonyl (C=O) groups is 3. The van der Waals surface area contributed by atoms with Crippen LogP contribution in [0.25, 0.3) is 0 Å². The minimum Gasteiger partial charge on any atom is -0.494 e. The fraction of sp³-hybridized carbons (Fsp3) is 0.300. The molecule has 5 rings (SSSR count). The summed E-state index contributed by atoms with van der Waals surface area (Å²) in [5.74, 6) is -2.37. The van der Waals surface area contributed by atoms with E-state index in [4.69, 9.17) is 4.74 Å². The molecule has 0 radical (unpaired) electrons. The molecule has 0 aliphatic carbocycles. The van der Waals surface area contributed by atoms with Gasteiger partial charge >= 0.3 is 6.09 Å². The van der Waals surface area contributed by atoms with Crippen LogP contribution in [0.4, 0.5) is 20.6 Å². The fourth-order valence-corrected chi connectivity index (χ4v) is 7.12. The largest absolute Gasteiger partial charge is 0.494 e. The summed E-state index contributed by atoms with van der Waals surface area (Å²) < 4.78 is 48.5. The van der Waals surface area contributed by atoms with Crippen LogP contribution in [0.15, 0.2) is 65.6 Å². The number of carboxylic acid groups (broad SMARTS) is 1. The van der Waals surface area contributed by atoms with Crippen molar-refractivity contribution in [2.45, 2.75) is 37.6 Å². The molecule has 220 valence electrons. The number of rotatable bonds is 6. The molecule has 2 heterocycles. The van der Waals surface area contributed by atoms with Crippen LogP contribution >= 0.6 is 0 Å². The van der Waals surface area contributed by atoms with Crippen molar-refractivity contribution >= 4 is 39.3 Å². The van der Waals surface area contributed by atoms with E-state index >= 15 is 0 Å². The third-order valence-electron chi connectivity index (χ3n) is 7.42. The number of sulfonamides is 1. The highest BCUT2D eigenvalue weighted by atomic mass is 32.2. The average molecular weight is 596 g/mol. The summed E-state index contributed by atoms with van der Waals surface area (Å²) in [6.45, 7) is 5.01. The summed E-state index contributed by atoms with van der Waals surface area (Å²) in [5.41, 5.74) is 0.860. The van der Waals surface area contributed by atoms with Crippen molar-refractivity contribution in [3.63, 3.8) is 0 Å². The molecule has 0 fully saturated rings. The summed E-state index contributed by atoms with van der Waals surface area (Å²) in [7, 11) is -3.11. The Bertz CT molecular complexity index is 1680. The Kier molecular flexibility index (Phi) is 7.22. The lowest BCUT2D eigenvalue weighted by Gasteiger charge is -2.38. The molecule has 0 unspecified atom stereocenters. The molecule has 3 amide bonds. The van der Waals surface area contributed by atoms with Crippen molar-refractivity contribution < 1.29 is 37.0 Å². The molecule has 1 atom stereocenters. The maximum absolute atomic E-state index is 14.2. The zero-order chi connectivity index (χ0) is 30.6. The van der Waals surface area contributed by atoms with E-state index in [0.717, 1.165) is 32.3 Å². The molecule has 3 aromatic rings. The van der Waals surface area contributed by atoms with E-state index < -0.39 is 45.2 Å². The summed E-state index contributed by atoms with van der Waals surface area (Å²) in [6, 6.07) is 14.5. The Morgan fingerprint density at radius 3 is 2.26 bits per heavy atom.